The molecular weight excluding hydrogens is 1850 g/mol. The zero-order valence-electron chi connectivity index (χ0n) is 88.3. The van der Waals surface area contributed by atoms with Crippen LogP contribution >= 0.6 is 0 Å². The Kier molecular flexibility index (Phi) is 40.7. The Balaban J connectivity index is 0.000000118. The largest absolute Gasteiger partial charge is 0.447 e. The van der Waals surface area contributed by atoms with E-state index in [2.05, 4.69) is 295 Å². The van der Waals surface area contributed by atoms with Crippen LogP contribution in [-0.4, -0.2) is 0 Å². The molecule has 0 radical (unpaired) electrons. The van der Waals surface area contributed by atoms with Crippen molar-refractivity contribution in [2.24, 2.45) is 0 Å². The van der Waals surface area contributed by atoms with Crippen LogP contribution in [0.2, 0.25) is 0 Å². The molecule has 23 rings (SSSR count). The quantitative estimate of drug-likeness (QED) is 0.0405. The van der Waals surface area contributed by atoms with E-state index in [4.69, 9.17) is 4.74 Å². The van der Waals surface area contributed by atoms with E-state index in [9.17, 15) is 22.0 Å². The van der Waals surface area contributed by atoms with E-state index in [0.29, 0.717) is 0 Å². The summed E-state index contributed by atoms with van der Waals surface area (Å²) in [5, 5.41) is 0. The smallest absolute Gasteiger partial charge is 0.209 e. The van der Waals surface area contributed by atoms with Gasteiger partial charge in [-0.25, -0.2) is 22.0 Å². The van der Waals surface area contributed by atoms with Gasteiger partial charge in [-0.05, 0) is 379 Å². The molecule has 9 fully saturated rings. The molecule has 9 saturated carbocycles. The van der Waals surface area contributed by atoms with Crippen molar-refractivity contribution in [2.45, 2.75) is 421 Å². The molecule has 1 nitrogen and oxygen atoms in total. The molecule has 0 saturated heterocycles. The van der Waals surface area contributed by atoms with Crippen molar-refractivity contribution in [1.82, 2.24) is 0 Å². The lowest BCUT2D eigenvalue weighted by molar-refractivity contribution is 0.373. The topological polar surface area (TPSA) is 9.23 Å². The summed E-state index contributed by atoms with van der Waals surface area (Å²) in [6.45, 7) is 10.4. The number of fused-ring (bicyclic) bond motifs is 2. The number of ether oxygens (including phenoxy) is 1. The third-order valence-corrected chi connectivity index (χ3v) is 40.7. The second kappa shape index (κ2) is 55.2. The van der Waals surface area contributed by atoms with E-state index >= 15 is 0 Å². The van der Waals surface area contributed by atoms with Crippen molar-refractivity contribution < 1.29 is 26.7 Å². The highest BCUT2D eigenvalue weighted by Gasteiger charge is 2.40. The Morgan fingerprint density at radius 2 is 0.390 bits per heavy atom. The molecule has 766 valence electrons. The predicted molar refractivity (Wildman–Crippen MR) is 606 cm³/mol. The minimum Gasteiger partial charge on any atom is -0.447 e. The van der Waals surface area contributed by atoms with Gasteiger partial charge in [0.25, 0.3) is 0 Å². The van der Waals surface area contributed by atoms with E-state index in [0.717, 1.165) is 71.7 Å². The van der Waals surface area contributed by atoms with Gasteiger partial charge in [0.2, 0.25) is 15.6 Å². The van der Waals surface area contributed by atoms with Crippen molar-refractivity contribution in [2.75, 3.05) is 0 Å². The van der Waals surface area contributed by atoms with Gasteiger partial charge in [0, 0.05) is 5.56 Å². The van der Waals surface area contributed by atoms with E-state index in [-0.39, 0.29) is 32.7 Å². The van der Waals surface area contributed by atoms with Gasteiger partial charge in [-0.15, -0.1) is 0 Å². The van der Waals surface area contributed by atoms with Gasteiger partial charge >= 0.3 is 0 Å². The fourth-order valence-corrected chi connectivity index (χ4v) is 32.2. The van der Waals surface area contributed by atoms with Gasteiger partial charge in [-0.2, -0.15) is 0 Å². The Hall–Kier alpha value is -9.64. The molecule has 9 aliphatic carbocycles. The van der Waals surface area contributed by atoms with Crippen molar-refractivity contribution in [1.29, 1.82) is 0 Å². The summed E-state index contributed by atoms with van der Waals surface area (Å²) in [6, 6.07) is 106. The number of hydrogen-bond acceptors (Lipinski definition) is 1. The number of halogens is 5. The zero-order chi connectivity index (χ0) is 101. The van der Waals surface area contributed by atoms with Crippen molar-refractivity contribution in [3.05, 3.63) is 398 Å². The summed E-state index contributed by atoms with van der Waals surface area (Å²) < 4.78 is 67.6. The molecular formula is C137H162F5OS3+3. The third kappa shape index (κ3) is 28.3. The van der Waals surface area contributed by atoms with E-state index in [1.54, 1.807) is 66.8 Å². The van der Waals surface area contributed by atoms with Crippen LogP contribution in [0, 0.1) is 63.7 Å². The molecule has 13 aromatic carbocycles. The summed E-state index contributed by atoms with van der Waals surface area (Å²) in [7, 11) is -0.120. The molecule has 1 aliphatic heterocycles. The number of aryl methyl sites for hydroxylation is 1. The predicted octanol–water partition coefficient (Wildman–Crippen LogP) is 41.9. The molecule has 0 unspecified atom stereocenters. The molecule has 1 heterocycles. The summed E-state index contributed by atoms with van der Waals surface area (Å²) in [4.78, 5) is 12.0. The summed E-state index contributed by atoms with van der Waals surface area (Å²) in [6.07, 6.45) is 65.3. The van der Waals surface area contributed by atoms with Gasteiger partial charge in [-0.1, -0.05) is 361 Å². The molecule has 146 heavy (non-hydrogen) atoms. The number of hydrogen-bond donors (Lipinski definition) is 0. The van der Waals surface area contributed by atoms with Crippen molar-refractivity contribution in [3.63, 3.8) is 0 Å². The molecule has 0 spiro atoms. The molecule has 13 aromatic rings. The first kappa shape index (κ1) is 108. The standard InChI is InChI=1S/3C25H38.C19H17S.C18H13OS.C18H15S.C7H3F5/c3*1-19-24(21-13-7-3-8-14-21)17-23(20-11-5-2-6-12-20)18-25(19)22-15-9-4-10-16-22;1-16-12-14-19(15-13-16)20(17-8-4-2-5-9-17)18-10-6-3-7-11-18;1-2-8-14(9-3-1)20-17-12-6-4-10-15(17)19-16-11-5-7-13-18(16)20;1-4-10-16(11-5-1)19(17-12-6-2-7-13-17)18-14-8-3-9-15-18;1-2-3(8)5(10)7(12)6(11)4(2)9/h3*17-18,20-22H,2-16H2,1H3;2-15H,1H3;1-13H;1-15H;1H3/q;;;3*+1;. The summed E-state index contributed by atoms with van der Waals surface area (Å²) in [5.41, 5.74) is 21.3. The molecule has 9 heteroatoms. The average molecular weight is 2020 g/mol. The normalized spacial score (nSPS) is 18.1. The lowest BCUT2D eigenvalue weighted by atomic mass is 9.74. The minimum atomic E-state index is -2.13. The Morgan fingerprint density at radius 3 is 0.623 bits per heavy atom. The summed E-state index contributed by atoms with van der Waals surface area (Å²) >= 11 is 0. The van der Waals surface area contributed by atoms with E-state index in [1.807, 2.05) is 24.3 Å². The molecule has 10 aliphatic rings. The highest BCUT2D eigenvalue weighted by atomic mass is 32.2. The minimum absolute atomic E-state index is 0.0146. The highest BCUT2D eigenvalue weighted by molar-refractivity contribution is 7.97. The monoisotopic (exact) mass is 2010 g/mol. The SMILES string of the molecule is Cc1c(C2CCCCC2)cc(C2CCCCC2)cc1C1CCCCC1.Cc1c(C2CCCCC2)cc(C2CCCCC2)cc1C1CCCCC1.Cc1c(C2CCCCC2)cc(C2CCCCC2)cc1C1CCCCC1.Cc1c(F)c(F)c(F)c(F)c1F.Cc1ccc([S+](c2ccccc2)c2ccccc2)cc1.c1ccc([S+](c2ccccc2)c2ccccc2)cc1.c1ccc([S+]2c3ccccc3Oc3ccccc32)cc1. The van der Waals surface area contributed by atoms with Crippen LogP contribution in [0.15, 0.2) is 335 Å². The van der Waals surface area contributed by atoms with Crippen LogP contribution in [0.25, 0.3) is 0 Å². The maximum atomic E-state index is 12.4. The first-order valence-corrected chi connectivity index (χ1v) is 60.7. The number of para-hydroxylation sites is 2. The van der Waals surface area contributed by atoms with Crippen LogP contribution in [0.1, 0.15) is 420 Å². The second-order valence-corrected chi connectivity index (χ2v) is 49.8. The van der Waals surface area contributed by atoms with E-state index < -0.39 is 34.6 Å². The van der Waals surface area contributed by atoms with Crippen LogP contribution in [-0.2, 0) is 32.7 Å². The fraction of sp³-hybridized carbons (Fsp3) is 0.431. The maximum Gasteiger partial charge on any atom is 0.209 e. The third-order valence-electron chi connectivity index (χ3n) is 33.9. The number of benzene rings is 13. The molecule has 0 atom stereocenters. The lowest BCUT2D eigenvalue weighted by Gasteiger charge is -2.31. The van der Waals surface area contributed by atoms with Crippen LogP contribution in [0.3, 0.4) is 0 Å². The number of rotatable bonds is 16. The molecule has 0 bridgehead atoms. The first-order valence-electron chi connectivity index (χ1n) is 57.0. The van der Waals surface area contributed by atoms with Gasteiger partial charge in [0.1, 0.15) is 10.9 Å². The molecule has 0 N–H and O–H groups in total. The van der Waals surface area contributed by atoms with Gasteiger partial charge in [0.15, 0.2) is 69.0 Å². The van der Waals surface area contributed by atoms with Crippen LogP contribution in [0.5, 0.6) is 11.5 Å². The average Bonchev–Trinajstić information content (AvgIpc) is 0.739. The van der Waals surface area contributed by atoms with E-state index in [1.165, 1.54) is 339 Å². The van der Waals surface area contributed by atoms with Crippen LogP contribution in [0.4, 0.5) is 22.0 Å². The highest BCUT2D eigenvalue weighted by Crippen LogP contribution is 2.52. The Labute approximate surface area is 883 Å². The van der Waals surface area contributed by atoms with Gasteiger partial charge < -0.3 is 4.74 Å². The lowest BCUT2D eigenvalue weighted by Crippen LogP contribution is -2.14. The zero-order valence-corrected chi connectivity index (χ0v) is 90.7. The molecule has 0 aromatic heterocycles. The second-order valence-electron chi connectivity index (χ2n) is 43.8. The van der Waals surface area contributed by atoms with Crippen LogP contribution < -0.4 is 4.74 Å². The maximum absolute atomic E-state index is 12.4. The van der Waals surface area contributed by atoms with Crippen molar-refractivity contribution in [3.8, 4) is 11.5 Å². The van der Waals surface area contributed by atoms with Gasteiger partial charge in [-0.3, -0.25) is 0 Å². The van der Waals surface area contributed by atoms with Gasteiger partial charge in [0.05, 0.1) is 21.8 Å². The Morgan fingerprint density at radius 1 is 0.199 bits per heavy atom. The Bertz CT molecular complexity index is 5490. The fourth-order valence-electron chi connectivity index (χ4n) is 25.8. The summed E-state index contributed by atoms with van der Waals surface area (Å²) in [5.74, 6) is 0.165. The van der Waals surface area contributed by atoms with Crippen molar-refractivity contribution >= 4 is 32.7 Å². The first-order chi connectivity index (χ1) is 71.7. The molecule has 0 amide bonds.